The Balaban J connectivity index is 1.13. The molecule has 6 aromatic rings. The molecule has 0 saturated heterocycles. The molecular formula is C31H25N5O. The van der Waals surface area contributed by atoms with Crippen molar-refractivity contribution in [1.29, 1.82) is 0 Å². The number of hydrogen-bond donors (Lipinski definition) is 2. The van der Waals surface area contributed by atoms with E-state index < -0.39 is 0 Å². The molecule has 1 aliphatic rings. The lowest BCUT2D eigenvalue weighted by Crippen LogP contribution is -2.18. The Morgan fingerprint density at radius 1 is 0.946 bits per heavy atom. The number of rotatable bonds is 5. The Morgan fingerprint density at radius 3 is 2.65 bits per heavy atom. The number of para-hydroxylation sites is 1. The number of aromatic nitrogens is 3. The molecule has 0 aliphatic heterocycles. The van der Waals surface area contributed by atoms with Crippen LogP contribution in [-0.4, -0.2) is 26.9 Å². The van der Waals surface area contributed by atoms with Crippen LogP contribution in [0.5, 0.6) is 0 Å². The number of amides is 1. The monoisotopic (exact) mass is 483 g/mol. The standard InChI is InChI=1S/C31H25N5O/c1-2-36-28-9-4-3-7-23(28)25-16-19(10-15-29(25)36)18-32-35-31(37)27-17-26(33-34-27)22-14-13-21-12-11-20-6-5-8-24(22)30(20)21/h3-10,13-18H,2,11-12H2,1H3,(H,33,34)(H,35,37)/b32-18-. The average Bonchev–Trinajstić information content (AvgIpc) is 3.66. The number of fused-ring (bicyclic) bond motifs is 3. The van der Waals surface area contributed by atoms with Crippen molar-refractivity contribution in [3.63, 3.8) is 0 Å². The Morgan fingerprint density at radius 2 is 1.76 bits per heavy atom. The number of carbonyl (C=O) groups excluding carboxylic acids is 1. The van der Waals surface area contributed by atoms with E-state index >= 15 is 0 Å². The van der Waals surface area contributed by atoms with E-state index in [1.165, 1.54) is 43.7 Å². The number of aryl methyl sites for hydroxylation is 3. The van der Waals surface area contributed by atoms with Crippen LogP contribution in [0.4, 0.5) is 0 Å². The molecule has 2 aromatic heterocycles. The van der Waals surface area contributed by atoms with Crippen LogP contribution >= 0.6 is 0 Å². The Kier molecular flexibility index (Phi) is 4.92. The fourth-order valence-corrected chi connectivity index (χ4v) is 5.76. The largest absolute Gasteiger partial charge is 0.341 e. The van der Waals surface area contributed by atoms with E-state index in [0.717, 1.165) is 36.2 Å². The number of nitrogens with one attached hydrogen (secondary N) is 2. The summed E-state index contributed by atoms with van der Waals surface area (Å²) in [6, 6.07) is 27.2. The topological polar surface area (TPSA) is 75.1 Å². The van der Waals surface area contributed by atoms with Crippen molar-refractivity contribution in [2.75, 3.05) is 0 Å². The van der Waals surface area contributed by atoms with Crippen LogP contribution in [0, 0.1) is 0 Å². The first-order valence-electron chi connectivity index (χ1n) is 12.6. The Bertz CT molecular complexity index is 1860. The van der Waals surface area contributed by atoms with E-state index in [4.69, 9.17) is 0 Å². The molecule has 0 unspecified atom stereocenters. The maximum absolute atomic E-state index is 12.8. The summed E-state index contributed by atoms with van der Waals surface area (Å²) in [5, 5.41) is 16.4. The maximum atomic E-state index is 12.8. The number of hydrazone groups is 1. The van der Waals surface area contributed by atoms with Gasteiger partial charge in [0.25, 0.3) is 5.91 Å². The smallest absolute Gasteiger partial charge is 0.289 e. The van der Waals surface area contributed by atoms with Crippen LogP contribution < -0.4 is 5.43 Å². The maximum Gasteiger partial charge on any atom is 0.289 e. The van der Waals surface area contributed by atoms with Crippen molar-refractivity contribution in [1.82, 2.24) is 20.2 Å². The number of carbonyl (C=O) groups is 1. The van der Waals surface area contributed by atoms with Gasteiger partial charge in [-0.15, -0.1) is 0 Å². The number of hydrogen-bond acceptors (Lipinski definition) is 3. The summed E-state index contributed by atoms with van der Waals surface area (Å²) >= 11 is 0. The second kappa shape index (κ2) is 8.45. The van der Waals surface area contributed by atoms with Gasteiger partial charge in [-0.05, 0) is 71.5 Å². The summed E-state index contributed by atoms with van der Waals surface area (Å²) in [5.41, 5.74) is 10.9. The van der Waals surface area contributed by atoms with Gasteiger partial charge in [-0.25, -0.2) is 5.43 Å². The fraction of sp³-hybridized carbons (Fsp3) is 0.129. The molecule has 0 fully saturated rings. The van der Waals surface area contributed by atoms with Crippen LogP contribution in [0.2, 0.25) is 0 Å². The molecule has 2 N–H and O–H groups in total. The summed E-state index contributed by atoms with van der Waals surface area (Å²) in [5.74, 6) is -0.329. The van der Waals surface area contributed by atoms with Crippen LogP contribution in [0.3, 0.4) is 0 Å². The number of H-pyrrole nitrogens is 1. The highest BCUT2D eigenvalue weighted by Crippen LogP contribution is 2.36. The zero-order valence-corrected chi connectivity index (χ0v) is 20.5. The molecule has 0 radical (unpaired) electrons. The highest BCUT2D eigenvalue weighted by Gasteiger charge is 2.18. The predicted octanol–water partition coefficient (Wildman–Crippen LogP) is 6.22. The second-order valence-electron chi connectivity index (χ2n) is 9.52. The van der Waals surface area contributed by atoms with E-state index in [1.54, 1.807) is 12.3 Å². The molecule has 7 rings (SSSR count). The van der Waals surface area contributed by atoms with Crippen LogP contribution in [0.25, 0.3) is 43.8 Å². The SMILES string of the molecule is CCn1c2ccccc2c2cc(/C=N\NC(=O)c3cc(-c4ccc5c6c(cccc46)CC5)n[nH]3)ccc21. The Hall–Kier alpha value is -4.71. The van der Waals surface area contributed by atoms with Gasteiger partial charge in [-0.2, -0.15) is 10.2 Å². The molecule has 4 aromatic carbocycles. The lowest BCUT2D eigenvalue weighted by atomic mass is 9.98. The van der Waals surface area contributed by atoms with E-state index in [9.17, 15) is 4.79 Å². The van der Waals surface area contributed by atoms with Crippen molar-refractivity contribution in [3.8, 4) is 11.3 Å². The van der Waals surface area contributed by atoms with Crippen molar-refractivity contribution in [2.45, 2.75) is 26.3 Å². The van der Waals surface area contributed by atoms with Gasteiger partial charge < -0.3 is 4.57 Å². The molecule has 1 aliphatic carbocycles. The van der Waals surface area contributed by atoms with Gasteiger partial charge in [0.15, 0.2) is 0 Å². The molecule has 6 nitrogen and oxygen atoms in total. The van der Waals surface area contributed by atoms with E-state index in [1.807, 2.05) is 6.07 Å². The number of benzene rings is 4. The van der Waals surface area contributed by atoms with Gasteiger partial charge in [-0.1, -0.05) is 54.6 Å². The molecule has 0 saturated carbocycles. The molecule has 1 amide bonds. The number of aromatic amines is 1. The van der Waals surface area contributed by atoms with E-state index in [0.29, 0.717) is 5.69 Å². The van der Waals surface area contributed by atoms with E-state index in [2.05, 4.69) is 98.9 Å². The molecule has 37 heavy (non-hydrogen) atoms. The summed E-state index contributed by atoms with van der Waals surface area (Å²) in [7, 11) is 0. The van der Waals surface area contributed by atoms with Gasteiger partial charge in [0.1, 0.15) is 5.69 Å². The van der Waals surface area contributed by atoms with Crippen molar-refractivity contribution >= 4 is 44.7 Å². The highest BCUT2D eigenvalue weighted by molar-refractivity contribution is 6.09. The normalized spacial score (nSPS) is 12.9. The quantitative estimate of drug-likeness (QED) is 0.226. The molecule has 0 bridgehead atoms. The third-order valence-corrected chi connectivity index (χ3v) is 7.47. The lowest BCUT2D eigenvalue weighted by molar-refractivity contribution is 0.0950. The van der Waals surface area contributed by atoms with Gasteiger partial charge >= 0.3 is 0 Å². The Labute approximate surface area is 213 Å². The van der Waals surface area contributed by atoms with Crippen molar-refractivity contribution in [3.05, 3.63) is 101 Å². The third kappa shape index (κ3) is 3.44. The summed E-state index contributed by atoms with van der Waals surface area (Å²) in [6.07, 6.45) is 3.84. The molecule has 2 heterocycles. The summed E-state index contributed by atoms with van der Waals surface area (Å²) in [6.45, 7) is 3.06. The molecule has 0 spiro atoms. The van der Waals surface area contributed by atoms with Crippen molar-refractivity contribution < 1.29 is 4.79 Å². The third-order valence-electron chi connectivity index (χ3n) is 7.47. The first-order valence-corrected chi connectivity index (χ1v) is 12.6. The van der Waals surface area contributed by atoms with Crippen LogP contribution in [-0.2, 0) is 19.4 Å². The highest BCUT2D eigenvalue weighted by atomic mass is 16.2. The van der Waals surface area contributed by atoms with Gasteiger partial charge in [-0.3, -0.25) is 9.89 Å². The molecular weight excluding hydrogens is 458 g/mol. The average molecular weight is 484 g/mol. The first-order chi connectivity index (χ1) is 18.2. The zero-order valence-electron chi connectivity index (χ0n) is 20.5. The van der Waals surface area contributed by atoms with E-state index in [-0.39, 0.29) is 5.91 Å². The number of nitrogens with zero attached hydrogens (tertiary/aromatic N) is 3. The minimum Gasteiger partial charge on any atom is -0.341 e. The van der Waals surface area contributed by atoms with Gasteiger partial charge in [0.2, 0.25) is 0 Å². The predicted molar refractivity (Wildman–Crippen MR) is 149 cm³/mol. The summed E-state index contributed by atoms with van der Waals surface area (Å²) < 4.78 is 2.31. The second-order valence-corrected chi connectivity index (χ2v) is 9.52. The van der Waals surface area contributed by atoms with Gasteiger partial charge in [0, 0.05) is 33.9 Å². The van der Waals surface area contributed by atoms with Crippen LogP contribution in [0.1, 0.15) is 34.1 Å². The van der Waals surface area contributed by atoms with Gasteiger partial charge in [0.05, 0.1) is 11.9 Å². The van der Waals surface area contributed by atoms with Crippen molar-refractivity contribution in [2.24, 2.45) is 5.10 Å². The minimum atomic E-state index is -0.329. The minimum absolute atomic E-state index is 0.329. The molecule has 6 heteroatoms. The molecule has 0 atom stereocenters. The lowest BCUT2D eigenvalue weighted by Gasteiger charge is -2.06. The zero-order chi connectivity index (χ0) is 24.9. The first kappa shape index (κ1) is 21.6. The fourth-order valence-electron chi connectivity index (χ4n) is 5.76. The molecule has 180 valence electrons. The van der Waals surface area contributed by atoms with Crippen LogP contribution in [0.15, 0.2) is 84.0 Å². The summed E-state index contributed by atoms with van der Waals surface area (Å²) in [4.78, 5) is 12.8.